The van der Waals surface area contributed by atoms with E-state index in [0.29, 0.717) is 0 Å². The Kier molecular flexibility index (Phi) is 2.80. The van der Waals surface area contributed by atoms with Crippen LogP contribution in [0.15, 0.2) is 60.6 Å². The fourth-order valence-electron chi connectivity index (χ4n) is 2.13. The highest BCUT2D eigenvalue weighted by molar-refractivity contribution is 6.74. The predicted octanol–water partition coefficient (Wildman–Crippen LogP) is 2.67. The largest absolute Gasteiger partial charge is 0.423 e. The lowest BCUT2D eigenvalue weighted by Crippen LogP contribution is -2.25. The van der Waals surface area contributed by atoms with Gasteiger partial charge in [0.25, 0.3) is 0 Å². The van der Waals surface area contributed by atoms with Gasteiger partial charge in [0.05, 0.1) is 6.61 Å². The van der Waals surface area contributed by atoms with E-state index >= 15 is 0 Å². The van der Waals surface area contributed by atoms with Gasteiger partial charge in [0, 0.05) is 0 Å². The van der Waals surface area contributed by atoms with Crippen LogP contribution in [0.1, 0.15) is 11.1 Å². The van der Waals surface area contributed by atoms with Gasteiger partial charge in [-0.3, -0.25) is 0 Å². The molecule has 1 aliphatic rings. The monoisotopic (exact) mass is 220 g/mol. The average Bonchev–Trinajstić information content (AvgIpc) is 2.81. The first-order chi connectivity index (χ1) is 8.43. The molecule has 3 rings (SSSR count). The zero-order valence-electron chi connectivity index (χ0n) is 9.54. The molecule has 0 amide bonds. The molecule has 0 saturated carbocycles. The van der Waals surface area contributed by atoms with Gasteiger partial charge in [-0.1, -0.05) is 66.6 Å². The molecule has 2 heteroatoms. The molecule has 1 heterocycles. The molecule has 0 N–H and O–H groups in total. The van der Waals surface area contributed by atoms with Crippen LogP contribution in [0.4, 0.5) is 0 Å². The smallest absolute Gasteiger partial charge is 0.354 e. The second-order valence-electron chi connectivity index (χ2n) is 4.20. The van der Waals surface area contributed by atoms with E-state index < -0.39 is 0 Å². The molecule has 82 valence electrons. The number of rotatable bonds is 2. The van der Waals surface area contributed by atoms with Crippen molar-refractivity contribution < 1.29 is 4.65 Å². The van der Waals surface area contributed by atoms with Gasteiger partial charge < -0.3 is 4.65 Å². The molecule has 1 aliphatic heterocycles. The van der Waals surface area contributed by atoms with Crippen molar-refractivity contribution in [1.29, 1.82) is 0 Å². The minimum atomic E-state index is 0.103. The van der Waals surface area contributed by atoms with Crippen LogP contribution in [0, 0.1) is 0 Å². The summed E-state index contributed by atoms with van der Waals surface area (Å²) in [6.07, 6.45) is 2.12. The molecule has 0 atom stereocenters. The number of hydrogen-bond acceptors (Lipinski definition) is 1. The molecular weight excluding hydrogens is 207 g/mol. The summed E-state index contributed by atoms with van der Waals surface area (Å²) in [7, 11) is 0. The van der Waals surface area contributed by atoms with Crippen LogP contribution >= 0.6 is 0 Å². The normalized spacial score (nSPS) is 14.2. The molecule has 1 nitrogen and oxygen atoms in total. The molecule has 0 aliphatic carbocycles. The van der Waals surface area contributed by atoms with E-state index in [1.54, 1.807) is 0 Å². The molecule has 0 spiro atoms. The first kappa shape index (κ1) is 10.4. The minimum Gasteiger partial charge on any atom is -0.423 e. The van der Waals surface area contributed by atoms with Crippen molar-refractivity contribution in [3.8, 4) is 0 Å². The van der Waals surface area contributed by atoms with Crippen LogP contribution in [0.2, 0.25) is 0 Å². The third-order valence-electron chi connectivity index (χ3n) is 3.04. The van der Waals surface area contributed by atoms with Crippen LogP contribution in [-0.4, -0.2) is 6.92 Å². The van der Waals surface area contributed by atoms with Crippen LogP contribution in [0.3, 0.4) is 0 Å². The molecule has 0 fully saturated rings. The van der Waals surface area contributed by atoms with Crippen molar-refractivity contribution in [1.82, 2.24) is 0 Å². The topological polar surface area (TPSA) is 9.23 Å². The average molecular weight is 220 g/mol. The van der Waals surface area contributed by atoms with Crippen molar-refractivity contribution >= 4 is 18.5 Å². The third-order valence-corrected chi connectivity index (χ3v) is 3.04. The summed E-state index contributed by atoms with van der Waals surface area (Å²) in [5, 5.41) is 0. The van der Waals surface area contributed by atoms with E-state index in [9.17, 15) is 0 Å². The summed E-state index contributed by atoms with van der Waals surface area (Å²) in [6, 6.07) is 18.7. The van der Waals surface area contributed by atoms with E-state index in [2.05, 4.69) is 48.4 Å². The van der Waals surface area contributed by atoms with Crippen LogP contribution < -0.4 is 5.46 Å². The Morgan fingerprint density at radius 3 is 2.59 bits per heavy atom. The summed E-state index contributed by atoms with van der Waals surface area (Å²) in [5.74, 6) is 2.13. The number of hydrogen-bond donors (Lipinski definition) is 0. The number of fused-ring (bicyclic) bond motifs is 1. The minimum absolute atomic E-state index is 0.103. The van der Waals surface area contributed by atoms with Crippen LogP contribution in [0.25, 0.3) is 6.08 Å². The lowest BCUT2D eigenvalue weighted by molar-refractivity contribution is 0.336. The summed E-state index contributed by atoms with van der Waals surface area (Å²) in [6.45, 7) is 0.825. The van der Waals surface area contributed by atoms with Gasteiger partial charge in [0.2, 0.25) is 0 Å². The number of benzene rings is 2. The Morgan fingerprint density at radius 2 is 1.71 bits per heavy atom. The Bertz CT molecular complexity index is 534. The van der Waals surface area contributed by atoms with Gasteiger partial charge in [-0.05, 0) is 16.6 Å². The van der Waals surface area contributed by atoms with E-state index in [1.165, 1.54) is 16.6 Å². The third kappa shape index (κ3) is 2.17. The van der Waals surface area contributed by atoms with Gasteiger partial charge in [-0.15, -0.1) is 0 Å². The standard InChI is InChI=1S/C15H13BO/c1-2-6-13(7-3-1)10-11-16-15-9-5-4-8-14(15)12-17-16/h1-11H,12H2/b11-10+. The zero-order chi connectivity index (χ0) is 11.5. The highest BCUT2D eigenvalue weighted by Crippen LogP contribution is 2.12. The van der Waals surface area contributed by atoms with Gasteiger partial charge in [0.1, 0.15) is 0 Å². The Morgan fingerprint density at radius 1 is 0.941 bits per heavy atom. The van der Waals surface area contributed by atoms with Crippen molar-refractivity contribution in [2.24, 2.45) is 0 Å². The molecule has 17 heavy (non-hydrogen) atoms. The van der Waals surface area contributed by atoms with Crippen molar-refractivity contribution in [3.63, 3.8) is 0 Å². The molecular formula is C15H13BO. The summed E-state index contributed by atoms with van der Waals surface area (Å²) in [5.41, 5.74) is 3.80. The highest BCUT2D eigenvalue weighted by Gasteiger charge is 2.24. The highest BCUT2D eigenvalue weighted by atomic mass is 16.4. The fourth-order valence-corrected chi connectivity index (χ4v) is 2.13. The van der Waals surface area contributed by atoms with Gasteiger partial charge >= 0.3 is 6.92 Å². The fraction of sp³-hybridized carbons (Fsp3) is 0.0667. The molecule has 0 unspecified atom stereocenters. The Labute approximate surface area is 102 Å². The molecule has 0 saturated heterocycles. The second kappa shape index (κ2) is 4.60. The Hall–Kier alpha value is -1.80. The maximum absolute atomic E-state index is 5.76. The molecule has 0 radical (unpaired) electrons. The van der Waals surface area contributed by atoms with Crippen molar-refractivity contribution in [2.75, 3.05) is 0 Å². The maximum atomic E-state index is 5.76. The van der Waals surface area contributed by atoms with Crippen LogP contribution in [0.5, 0.6) is 0 Å². The molecule has 0 aromatic heterocycles. The van der Waals surface area contributed by atoms with Crippen molar-refractivity contribution in [3.05, 3.63) is 71.7 Å². The summed E-state index contributed by atoms with van der Waals surface area (Å²) in [4.78, 5) is 0. The van der Waals surface area contributed by atoms with E-state index in [-0.39, 0.29) is 6.92 Å². The van der Waals surface area contributed by atoms with E-state index in [1.807, 2.05) is 18.2 Å². The first-order valence-corrected chi connectivity index (χ1v) is 5.86. The van der Waals surface area contributed by atoms with Crippen LogP contribution in [-0.2, 0) is 11.3 Å². The predicted molar refractivity (Wildman–Crippen MR) is 72.1 cm³/mol. The van der Waals surface area contributed by atoms with Crippen molar-refractivity contribution in [2.45, 2.75) is 6.61 Å². The first-order valence-electron chi connectivity index (χ1n) is 5.86. The summed E-state index contributed by atoms with van der Waals surface area (Å²) < 4.78 is 5.76. The van der Waals surface area contributed by atoms with Gasteiger partial charge in [-0.2, -0.15) is 0 Å². The maximum Gasteiger partial charge on any atom is 0.354 e. The SMILES string of the molecule is C(=C\c1ccccc1)/B1OCc2ccccc21. The zero-order valence-corrected chi connectivity index (χ0v) is 9.54. The van der Waals surface area contributed by atoms with E-state index in [4.69, 9.17) is 4.65 Å². The van der Waals surface area contributed by atoms with Gasteiger partial charge in [-0.25, -0.2) is 0 Å². The second-order valence-corrected chi connectivity index (χ2v) is 4.20. The summed E-state index contributed by atoms with van der Waals surface area (Å²) >= 11 is 0. The molecule has 0 bridgehead atoms. The molecule has 2 aromatic rings. The quantitative estimate of drug-likeness (QED) is 0.707. The van der Waals surface area contributed by atoms with E-state index in [0.717, 1.165) is 6.61 Å². The molecule has 2 aromatic carbocycles. The Balaban J connectivity index is 1.82. The van der Waals surface area contributed by atoms with Gasteiger partial charge in [0.15, 0.2) is 0 Å². The lowest BCUT2D eigenvalue weighted by Gasteiger charge is -2.00. The lowest BCUT2D eigenvalue weighted by atomic mass is 9.61.